The first kappa shape index (κ1) is 10.2. The van der Waals surface area contributed by atoms with Gasteiger partial charge >= 0.3 is 0 Å². The van der Waals surface area contributed by atoms with Crippen molar-refractivity contribution in [2.75, 3.05) is 6.61 Å². The maximum atomic E-state index is 8.92. The minimum absolute atomic E-state index is 0.138. The molecular formula is C12H16N2O. The number of H-pyrrole nitrogens is 1. The van der Waals surface area contributed by atoms with Gasteiger partial charge in [0.1, 0.15) is 0 Å². The molecule has 0 unspecified atom stereocenters. The molecule has 0 aliphatic rings. The van der Waals surface area contributed by atoms with E-state index in [1.807, 2.05) is 19.2 Å². The molecule has 1 aromatic heterocycles. The van der Waals surface area contributed by atoms with E-state index in [4.69, 9.17) is 5.11 Å². The van der Waals surface area contributed by atoms with Crippen LogP contribution in [0.15, 0.2) is 30.5 Å². The van der Waals surface area contributed by atoms with Gasteiger partial charge in [0, 0.05) is 29.7 Å². The molecule has 80 valence electrons. The van der Waals surface area contributed by atoms with Crippen LogP contribution in [0.2, 0.25) is 0 Å². The van der Waals surface area contributed by atoms with Gasteiger partial charge in [0.05, 0.1) is 6.61 Å². The zero-order valence-electron chi connectivity index (χ0n) is 8.83. The number of aliphatic hydroxyl groups is 1. The lowest BCUT2D eigenvalue weighted by molar-refractivity contribution is 0.251. The molecule has 0 amide bonds. The van der Waals surface area contributed by atoms with Crippen LogP contribution in [0.4, 0.5) is 0 Å². The summed E-state index contributed by atoms with van der Waals surface area (Å²) in [5.41, 5.74) is 2.42. The SMILES string of the molecule is C[C@H](CO)NCc1cccc2[nH]ccc12. The summed E-state index contributed by atoms with van der Waals surface area (Å²) in [4.78, 5) is 3.18. The highest BCUT2D eigenvalue weighted by atomic mass is 16.3. The van der Waals surface area contributed by atoms with Gasteiger partial charge in [0.25, 0.3) is 0 Å². The van der Waals surface area contributed by atoms with E-state index in [0.29, 0.717) is 0 Å². The van der Waals surface area contributed by atoms with Gasteiger partial charge in [-0.2, -0.15) is 0 Å². The smallest absolute Gasteiger partial charge is 0.0582 e. The summed E-state index contributed by atoms with van der Waals surface area (Å²) < 4.78 is 0. The molecule has 0 radical (unpaired) electrons. The van der Waals surface area contributed by atoms with E-state index in [9.17, 15) is 0 Å². The molecule has 3 heteroatoms. The molecule has 0 fully saturated rings. The molecule has 1 aromatic carbocycles. The summed E-state index contributed by atoms with van der Waals surface area (Å²) in [5.74, 6) is 0. The van der Waals surface area contributed by atoms with Gasteiger partial charge in [-0.3, -0.25) is 0 Å². The largest absolute Gasteiger partial charge is 0.395 e. The Morgan fingerprint density at radius 1 is 1.40 bits per heavy atom. The first-order chi connectivity index (χ1) is 7.31. The van der Waals surface area contributed by atoms with Gasteiger partial charge in [-0.05, 0) is 24.6 Å². The number of aromatic amines is 1. The molecule has 3 N–H and O–H groups in total. The van der Waals surface area contributed by atoms with E-state index in [2.05, 4.69) is 28.5 Å². The van der Waals surface area contributed by atoms with Crippen LogP contribution in [0.25, 0.3) is 10.9 Å². The number of hydrogen-bond donors (Lipinski definition) is 3. The third-order valence-corrected chi connectivity index (χ3v) is 2.60. The van der Waals surface area contributed by atoms with E-state index in [1.54, 1.807) is 0 Å². The van der Waals surface area contributed by atoms with Crippen LogP contribution in [0.5, 0.6) is 0 Å². The molecule has 0 aliphatic carbocycles. The third kappa shape index (κ3) is 2.19. The number of nitrogens with one attached hydrogen (secondary N) is 2. The molecule has 2 rings (SSSR count). The molecule has 0 bridgehead atoms. The third-order valence-electron chi connectivity index (χ3n) is 2.60. The van der Waals surface area contributed by atoms with Crippen molar-refractivity contribution in [2.24, 2.45) is 0 Å². The number of hydrogen-bond acceptors (Lipinski definition) is 2. The highest BCUT2D eigenvalue weighted by molar-refractivity contribution is 5.82. The number of benzene rings is 1. The van der Waals surface area contributed by atoms with Crippen molar-refractivity contribution in [3.8, 4) is 0 Å². The van der Waals surface area contributed by atoms with Crippen LogP contribution in [-0.4, -0.2) is 22.7 Å². The Hall–Kier alpha value is -1.32. The Bertz CT molecular complexity index is 436. The van der Waals surface area contributed by atoms with Crippen molar-refractivity contribution in [1.82, 2.24) is 10.3 Å². The van der Waals surface area contributed by atoms with E-state index >= 15 is 0 Å². The Balaban J connectivity index is 2.17. The maximum Gasteiger partial charge on any atom is 0.0582 e. The first-order valence-electron chi connectivity index (χ1n) is 5.20. The highest BCUT2D eigenvalue weighted by Gasteiger charge is 2.03. The normalized spacial score (nSPS) is 13.2. The van der Waals surface area contributed by atoms with Crippen molar-refractivity contribution in [3.63, 3.8) is 0 Å². The summed E-state index contributed by atoms with van der Waals surface area (Å²) in [7, 11) is 0. The van der Waals surface area contributed by atoms with Gasteiger partial charge in [0.15, 0.2) is 0 Å². The lowest BCUT2D eigenvalue weighted by Crippen LogP contribution is -2.28. The van der Waals surface area contributed by atoms with E-state index < -0.39 is 0 Å². The summed E-state index contributed by atoms with van der Waals surface area (Å²) in [6, 6.07) is 8.43. The Kier molecular flexibility index (Phi) is 3.04. The van der Waals surface area contributed by atoms with Crippen molar-refractivity contribution >= 4 is 10.9 Å². The lowest BCUT2D eigenvalue weighted by atomic mass is 10.1. The average molecular weight is 204 g/mol. The molecule has 0 saturated heterocycles. The second-order valence-corrected chi connectivity index (χ2v) is 3.82. The first-order valence-corrected chi connectivity index (χ1v) is 5.20. The molecule has 1 atom stereocenters. The minimum Gasteiger partial charge on any atom is -0.395 e. The highest BCUT2D eigenvalue weighted by Crippen LogP contribution is 2.16. The Morgan fingerprint density at radius 2 is 2.27 bits per heavy atom. The second kappa shape index (κ2) is 4.47. The Morgan fingerprint density at radius 3 is 3.07 bits per heavy atom. The van der Waals surface area contributed by atoms with Crippen molar-refractivity contribution in [2.45, 2.75) is 19.5 Å². The van der Waals surface area contributed by atoms with Gasteiger partial charge < -0.3 is 15.4 Å². The van der Waals surface area contributed by atoms with Gasteiger partial charge in [-0.15, -0.1) is 0 Å². The quantitative estimate of drug-likeness (QED) is 0.709. The molecule has 0 aliphatic heterocycles. The van der Waals surface area contributed by atoms with Crippen LogP contribution >= 0.6 is 0 Å². The zero-order valence-corrected chi connectivity index (χ0v) is 8.83. The summed E-state index contributed by atoms with van der Waals surface area (Å²) in [5, 5.41) is 13.4. The van der Waals surface area contributed by atoms with Crippen molar-refractivity contribution < 1.29 is 5.11 Å². The number of rotatable bonds is 4. The molecule has 1 heterocycles. The topological polar surface area (TPSA) is 48.0 Å². The molecule has 0 spiro atoms. The van der Waals surface area contributed by atoms with Crippen LogP contribution in [0, 0.1) is 0 Å². The minimum atomic E-state index is 0.138. The van der Waals surface area contributed by atoms with Crippen LogP contribution in [0.3, 0.4) is 0 Å². The molecule has 15 heavy (non-hydrogen) atoms. The van der Waals surface area contributed by atoms with Crippen LogP contribution < -0.4 is 5.32 Å². The fraction of sp³-hybridized carbons (Fsp3) is 0.333. The maximum absolute atomic E-state index is 8.92. The van der Waals surface area contributed by atoms with Gasteiger partial charge in [-0.25, -0.2) is 0 Å². The zero-order chi connectivity index (χ0) is 10.7. The number of aromatic nitrogens is 1. The number of fused-ring (bicyclic) bond motifs is 1. The van der Waals surface area contributed by atoms with E-state index in [0.717, 1.165) is 12.1 Å². The monoisotopic (exact) mass is 204 g/mol. The predicted octanol–water partition coefficient (Wildman–Crippen LogP) is 1.64. The van der Waals surface area contributed by atoms with Gasteiger partial charge in [-0.1, -0.05) is 12.1 Å². The predicted molar refractivity (Wildman–Crippen MR) is 61.7 cm³/mol. The van der Waals surface area contributed by atoms with Crippen LogP contribution in [-0.2, 0) is 6.54 Å². The molecule has 2 aromatic rings. The molecular weight excluding hydrogens is 188 g/mol. The van der Waals surface area contributed by atoms with Crippen molar-refractivity contribution in [3.05, 3.63) is 36.0 Å². The number of aliphatic hydroxyl groups excluding tert-OH is 1. The van der Waals surface area contributed by atoms with E-state index in [-0.39, 0.29) is 12.6 Å². The van der Waals surface area contributed by atoms with Gasteiger partial charge in [0.2, 0.25) is 0 Å². The van der Waals surface area contributed by atoms with Crippen molar-refractivity contribution in [1.29, 1.82) is 0 Å². The summed E-state index contributed by atoms with van der Waals surface area (Å²) in [6.45, 7) is 2.93. The van der Waals surface area contributed by atoms with Crippen LogP contribution in [0.1, 0.15) is 12.5 Å². The lowest BCUT2D eigenvalue weighted by Gasteiger charge is -2.11. The fourth-order valence-corrected chi connectivity index (χ4v) is 1.65. The molecule has 0 saturated carbocycles. The standard InChI is InChI=1S/C12H16N2O/c1-9(8-15)14-7-10-3-2-4-12-11(10)5-6-13-12/h2-6,9,13-15H,7-8H2,1H3/t9-/m1/s1. The second-order valence-electron chi connectivity index (χ2n) is 3.82. The Labute approximate surface area is 89.1 Å². The summed E-state index contributed by atoms with van der Waals surface area (Å²) in [6.07, 6.45) is 1.95. The molecule has 3 nitrogen and oxygen atoms in total. The fourth-order valence-electron chi connectivity index (χ4n) is 1.65. The van der Waals surface area contributed by atoms with E-state index in [1.165, 1.54) is 10.9 Å². The summed E-state index contributed by atoms with van der Waals surface area (Å²) >= 11 is 0. The average Bonchev–Trinajstić information content (AvgIpc) is 2.74.